The fraction of sp³-hybridized carbons (Fsp3) is 0.206. The minimum atomic E-state index is -0.438. The molecule has 0 radical (unpaired) electrons. The van der Waals surface area contributed by atoms with Crippen molar-refractivity contribution in [3.8, 4) is 28.0 Å². The third-order valence-corrected chi connectivity index (χ3v) is 6.99. The number of nitrogens with one attached hydrogen (secondary N) is 1. The number of aliphatic hydroxyl groups is 1. The van der Waals surface area contributed by atoms with Crippen LogP contribution in [-0.2, 0) is 13.5 Å². The molecule has 1 heterocycles. The Hall–Kier alpha value is -4.35. The highest BCUT2D eigenvalue weighted by molar-refractivity contribution is 5.98. The molecule has 1 atom stereocenters. The number of amides is 1. The van der Waals surface area contributed by atoms with Gasteiger partial charge in [-0.15, -0.1) is 0 Å². The van der Waals surface area contributed by atoms with Crippen molar-refractivity contribution in [3.63, 3.8) is 0 Å². The molecule has 0 saturated heterocycles. The van der Waals surface area contributed by atoms with Crippen LogP contribution in [0.1, 0.15) is 29.3 Å². The lowest BCUT2D eigenvalue weighted by molar-refractivity contribution is 0.0912. The molecule has 0 aliphatic rings. The number of aryl methyl sites for hydroxylation is 1. The molecular formula is C34H34N2O3. The normalized spacial score (nSPS) is 11.9. The van der Waals surface area contributed by atoms with E-state index < -0.39 is 6.04 Å². The smallest absolute Gasteiger partial charge is 0.255 e. The monoisotopic (exact) mass is 518 g/mol. The van der Waals surface area contributed by atoms with Gasteiger partial charge in [0.15, 0.2) is 0 Å². The molecule has 198 valence electrons. The number of hydrogen-bond donors (Lipinski definition) is 2. The van der Waals surface area contributed by atoms with E-state index >= 15 is 0 Å². The van der Waals surface area contributed by atoms with Gasteiger partial charge in [-0.1, -0.05) is 79.7 Å². The van der Waals surface area contributed by atoms with Crippen molar-refractivity contribution in [2.75, 3.05) is 13.2 Å². The number of carbonyl (C=O) groups excluding carboxylic acids is 1. The number of hydrogen-bond acceptors (Lipinski definition) is 3. The SMILES string of the molecule is CCCOc1ccc(-c2cccc(-c3ccccc3)c2)cc1C(=O)N[C@@H](CO)Cc1cn(C)c2ccccc12. The number of nitrogens with zero attached hydrogens (tertiary/aromatic N) is 1. The Labute approximate surface area is 229 Å². The second kappa shape index (κ2) is 12.0. The van der Waals surface area contributed by atoms with E-state index in [2.05, 4.69) is 52.5 Å². The lowest BCUT2D eigenvalue weighted by Gasteiger charge is -2.18. The van der Waals surface area contributed by atoms with Crippen molar-refractivity contribution in [1.29, 1.82) is 0 Å². The fourth-order valence-corrected chi connectivity index (χ4v) is 5.01. The Morgan fingerprint density at radius 2 is 1.56 bits per heavy atom. The van der Waals surface area contributed by atoms with E-state index in [4.69, 9.17) is 4.74 Å². The molecule has 5 nitrogen and oxygen atoms in total. The van der Waals surface area contributed by atoms with Crippen LogP contribution in [0.2, 0.25) is 0 Å². The minimum absolute atomic E-state index is 0.168. The highest BCUT2D eigenvalue weighted by Gasteiger charge is 2.20. The first-order valence-corrected chi connectivity index (χ1v) is 13.4. The lowest BCUT2D eigenvalue weighted by atomic mass is 9.97. The molecule has 1 aromatic heterocycles. The molecule has 0 bridgehead atoms. The van der Waals surface area contributed by atoms with Crippen LogP contribution in [0.15, 0.2) is 103 Å². The maximum absolute atomic E-state index is 13.6. The first-order valence-electron chi connectivity index (χ1n) is 13.4. The largest absolute Gasteiger partial charge is 0.493 e. The summed E-state index contributed by atoms with van der Waals surface area (Å²) < 4.78 is 8.03. The Bertz CT molecular complexity index is 1570. The van der Waals surface area contributed by atoms with E-state index in [0.717, 1.165) is 45.1 Å². The van der Waals surface area contributed by atoms with Crippen molar-refractivity contribution in [2.24, 2.45) is 7.05 Å². The molecule has 5 aromatic rings. The molecule has 5 rings (SSSR count). The van der Waals surface area contributed by atoms with Gasteiger partial charge < -0.3 is 19.7 Å². The van der Waals surface area contributed by atoms with Gasteiger partial charge in [-0.3, -0.25) is 4.79 Å². The van der Waals surface area contributed by atoms with Gasteiger partial charge >= 0.3 is 0 Å². The highest BCUT2D eigenvalue weighted by Crippen LogP contribution is 2.30. The van der Waals surface area contributed by atoms with E-state index in [1.165, 1.54) is 0 Å². The molecular weight excluding hydrogens is 484 g/mol. The van der Waals surface area contributed by atoms with Crippen molar-refractivity contribution in [2.45, 2.75) is 25.8 Å². The van der Waals surface area contributed by atoms with Gasteiger partial charge in [-0.05, 0) is 64.9 Å². The Kier molecular flexibility index (Phi) is 8.09. The molecule has 0 saturated carbocycles. The first-order chi connectivity index (χ1) is 19.1. The average Bonchev–Trinajstić information content (AvgIpc) is 3.30. The van der Waals surface area contributed by atoms with Crippen molar-refractivity contribution >= 4 is 16.8 Å². The number of ether oxygens (including phenoxy) is 1. The third kappa shape index (κ3) is 5.89. The summed E-state index contributed by atoms with van der Waals surface area (Å²) in [4.78, 5) is 13.6. The maximum atomic E-state index is 13.6. The summed E-state index contributed by atoms with van der Waals surface area (Å²) in [7, 11) is 2.01. The summed E-state index contributed by atoms with van der Waals surface area (Å²) >= 11 is 0. The quantitative estimate of drug-likeness (QED) is 0.218. The summed E-state index contributed by atoms with van der Waals surface area (Å²) in [5.74, 6) is 0.278. The van der Waals surface area contributed by atoms with Gasteiger partial charge in [0.05, 0.1) is 24.8 Å². The minimum Gasteiger partial charge on any atom is -0.493 e. The van der Waals surface area contributed by atoms with Gasteiger partial charge in [0, 0.05) is 24.1 Å². The Morgan fingerprint density at radius 3 is 2.33 bits per heavy atom. The van der Waals surface area contributed by atoms with Crippen molar-refractivity contribution < 1.29 is 14.6 Å². The van der Waals surface area contributed by atoms with Gasteiger partial charge in [0.1, 0.15) is 5.75 Å². The topological polar surface area (TPSA) is 63.5 Å². The molecule has 0 unspecified atom stereocenters. The van der Waals surface area contributed by atoms with E-state index in [-0.39, 0.29) is 12.5 Å². The van der Waals surface area contributed by atoms with Crippen LogP contribution in [0.3, 0.4) is 0 Å². The van der Waals surface area contributed by atoms with Crippen LogP contribution in [-0.4, -0.2) is 34.8 Å². The van der Waals surface area contributed by atoms with Gasteiger partial charge in [0.2, 0.25) is 0 Å². The van der Waals surface area contributed by atoms with Crippen LogP contribution in [0.5, 0.6) is 5.75 Å². The molecule has 0 fully saturated rings. The van der Waals surface area contributed by atoms with Crippen molar-refractivity contribution in [3.05, 3.63) is 114 Å². The molecule has 0 aliphatic heterocycles. The summed E-state index contributed by atoms with van der Waals surface area (Å²) in [6, 6.07) is 32.0. The number of benzene rings is 4. The van der Waals surface area contributed by atoms with E-state index in [9.17, 15) is 9.90 Å². The van der Waals surface area contributed by atoms with E-state index in [1.807, 2.05) is 74.6 Å². The van der Waals surface area contributed by atoms with E-state index in [1.54, 1.807) is 0 Å². The van der Waals surface area contributed by atoms with Crippen LogP contribution < -0.4 is 10.1 Å². The summed E-state index contributed by atoms with van der Waals surface area (Å²) in [6.07, 6.45) is 3.42. The van der Waals surface area contributed by atoms with Crippen LogP contribution in [0.4, 0.5) is 0 Å². The number of carbonyl (C=O) groups is 1. The molecule has 2 N–H and O–H groups in total. The predicted octanol–water partition coefficient (Wildman–Crippen LogP) is 6.63. The van der Waals surface area contributed by atoms with Gasteiger partial charge in [-0.25, -0.2) is 0 Å². The van der Waals surface area contributed by atoms with Gasteiger partial charge in [-0.2, -0.15) is 0 Å². The molecule has 39 heavy (non-hydrogen) atoms. The summed E-state index contributed by atoms with van der Waals surface area (Å²) in [6.45, 7) is 2.39. The van der Waals surface area contributed by atoms with Crippen LogP contribution in [0.25, 0.3) is 33.2 Å². The third-order valence-electron chi connectivity index (χ3n) is 6.99. The number of rotatable bonds is 10. The fourth-order valence-electron chi connectivity index (χ4n) is 5.01. The first kappa shape index (κ1) is 26.3. The summed E-state index contributed by atoms with van der Waals surface area (Å²) in [5.41, 5.74) is 6.86. The number of aliphatic hydroxyl groups excluding tert-OH is 1. The molecule has 4 aromatic carbocycles. The average molecular weight is 519 g/mol. The number of para-hydroxylation sites is 1. The molecule has 0 spiro atoms. The molecule has 0 aliphatic carbocycles. The Balaban J connectivity index is 1.43. The zero-order valence-corrected chi connectivity index (χ0v) is 22.4. The summed E-state index contributed by atoms with van der Waals surface area (Å²) in [5, 5.41) is 14.4. The van der Waals surface area contributed by atoms with Crippen LogP contribution in [0, 0.1) is 0 Å². The van der Waals surface area contributed by atoms with E-state index in [0.29, 0.717) is 24.3 Å². The molecule has 5 heteroatoms. The lowest BCUT2D eigenvalue weighted by Crippen LogP contribution is -2.39. The highest BCUT2D eigenvalue weighted by atomic mass is 16.5. The zero-order valence-electron chi connectivity index (χ0n) is 22.4. The van der Waals surface area contributed by atoms with Crippen molar-refractivity contribution in [1.82, 2.24) is 9.88 Å². The standard InChI is InChI=1S/C34H34N2O3/c1-3-18-39-33-17-16-27(26-13-9-12-25(19-26)24-10-5-4-6-11-24)21-31(33)34(38)35-29(23-37)20-28-22-36(2)32-15-8-7-14-30(28)32/h4-17,19,21-22,29,37H,3,18,20,23H2,1-2H3,(H,35,38)/t29-/m1/s1. The zero-order chi connectivity index (χ0) is 27.2. The van der Waals surface area contributed by atoms with Crippen LogP contribution >= 0.6 is 0 Å². The second-order valence-electron chi connectivity index (χ2n) is 9.85. The number of fused-ring (bicyclic) bond motifs is 1. The Morgan fingerprint density at radius 1 is 0.872 bits per heavy atom. The van der Waals surface area contributed by atoms with Gasteiger partial charge in [0.25, 0.3) is 5.91 Å². The number of aromatic nitrogens is 1. The second-order valence-corrected chi connectivity index (χ2v) is 9.85. The molecule has 1 amide bonds. The maximum Gasteiger partial charge on any atom is 0.255 e. The predicted molar refractivity (Wildman–Crippen MR) is 158 cm³/mol.